The molecule has 3 rings (SSSR count). The Balaban J connectivity index is 2.00. The molecule has 7 heteroatoms. The molecule has 1 aliphatic rings. The smallest absolute Gasteiger partial charge is 0.138 e. The SMILES string of the molecule is CN1CCc2c(sc(/N=C/c3cc(Br)cc(Br)c3O)c2C#N)C1. The third-order valence-corrected chi connectivity index (χ3v) is 5.91. The molecule has 0 saturated carbocycles. The number of phenolic OH excluding ortho intramolecular Hbond substituents is 1. The Labute approximate surface area is 155 Å². The zero-order chi connectivity index (χ0) is 16.6. The average Bonchev–Trinajstić information content (AvgIpc) is 2.85. The molecular weight excluding hydrogens is 442 g/mol. The predicted octanol–water partition coefficient (Wildman–Crippen LogP) is 4.59. The van der Waals surface area contributed by atoms with Crippen LogP contribution in [0.3, 0.4) is 0 Å². The van der Waals surface area contributed by atoms with E-state index in [0.29, 0.717) is 20.6 Å². The summed E-state index contributed by atoms with van der Waals surface area (Å²) in [4.78, 5) is 7.92. The molecule has 0 fully saturated rings. The monoisotopic (exact) mass is 453 g/mol. The largest absolute Gasteiger partial charge is 0.506 e. The first-order valence-electron chi connectivity index (χ1n) is 6.95. The van der Waals surface area contributed by atoms with E-state index in [2.05, 4.69) is 54.9 Å². The molecule has 1 aromatic carbocycles. The molecule has 0 amide bonds. The number of benzene rings is 1. The summed E-state index contributed by atoms with van der Waals surface area (Å²) < 4.78 is 1.44. The number of aliphatic imine (C=N–C) groups is 1. The number of hydrogen-bond acceptors (Lipinski definition) is 5. The lowest BCUT2D eigenvalue weighted by Gasteiger charge is -2.21. The molecule has 1 aromatic heterocycles. The maximum atomic E-state index is 10.1. The Morgan fingerprint density at radius 2 is 2.22 bits per heavy atom. The van der Waals surface area contributed by atoms with E-state index in [1.54, 1.807) is 29.7 Å². The van der Waals surface area contributed by atoms with Crippen LogP contribution in [0.4, 0.5) is 5.00 Å². The third kappa shape index (κ3) is 3.36. The first-order chi connectivity index (χ1) is 11.0. The fraction of sp³-hybridized carbons (Fsp3) is 0.250. The Hall–Kier alpha value is -1.20. The minimum absolute atomic E-state index is 0.136. The van der Waals surface area contributed by atoms with E-state index in [9.17, 15) is 10.4 Å². The Kier molecular flexibility index (Phi) is 4.87. The van der Waals surface area contributed by atoms with Crippen molar-refractivity contribution in [1.82, 2.24) is 4.90 Å². The van der Waals surface area contributed by atoms with Gasteiger partial charge in [-0.15, -0.1) is 11.3 Å². The molecule has 4 nitrogen and oxygen atoms in total. The number of aromatic hydroxyl groups is 1. The van der Waals surface area contributed by atoms with Gasteiger partial charge in [-0.05, 0) is 47.1 Å². The summed E-state index contributed by atoms with van der Waals surface area (Å²) in [6.07, 6.45) is 2.49. The quantitative estimate of drug-likeness (QED) is 0.675. The zero-order valence-electron chi connectivity index (χ0n) is 12.3. The van der Waals surface area contributed by atoms with E-state index < -0.39 is 0 Å². The van der Waals surface area contributed by atoms with Crippen LogP contribution in [-0.4, -0.2) is 29.8 Å². The van der Waals surface area contributed by atoms with Crippen LogP contribution in [-0.2, 0) is 13.0 Å². The van der Waals surface area contributed by atoms with Crippen molar-refractivity contribution in [2.24, 2.45) is 4.99 Å². The second kappa shape index (κ2) is 6.73. The normalized spacial score (nSPS) is 14.9. The number of halogens is 2. The van der Waals surface area contributed by atoms with Gasteiger partial charge in [0, 0.05) is 34.2 Å². The lowest BCUT2D eigenvalue weighted by atomic mass is 10.0. The lowest BCUT2D eigenvalue weighted by molar-refractivity contribution is 0.317. The van der Waals surface area contributed by atoms with Crippen LogP contribution >= 0.6 is 43.2 Å². The molecule has 2 aromatic rings. The maximum absolute atomic E-state index is 10.1. The van der Waals surface area contributed by atoms with Crippen molar-refractivity contribution in [3.8, 4) is 11.8 Å². The molecule has 0 atom stereocenters. The second-order valence-corrected chi connectivity index (χ2v) is 8.22. The molecule has 0 bridgehead atoms. The Morgan fingerprint density at radius 3 is 2.96 bits per heavy atom. The molecule has 1 N–H and O–H groups in total. The van der Waals surface area contributed by atoms with E-state index in [1.807, 2.05) is 0 Å². The van der Waals surface area contributed by atoms with Crippen molar-refractivity contribution in [2.45, 2.75) is 13.0 Å². The first kappa shape index (κ1) is 16.7. The van der Waals surface area contributed by atoms with Gasteiger partial charge in [-0.25, -0.2) is 4.99 Å². The molecular formula is C16H13Br2N3OS. The number of hydrogen-bond donors (Lipinski definition) is 1. The number of rotatable bonds is 2. The van der Waals surface area contributed by atoms with E-state index in [4.69, 9.17) is 0 Å². The molecule has 1 aliphatic heterocycles. The molecule has 0 spiro atoms. The van der Waals surface area contributed by atoms with E-state index in [-0.39, 0.29) is 5.75 Å². The highest BCUT2D eigenvalue weighted by atomic mass is 79.9. The number of nitrogens with zero attached hydrogens (tertiary/aromatic N) is 3. The van der Waals surface area contributed by atoms with E-state index in [0.717, 1.165) is 29.5 Å². The first-order valence-corrected chi connectivity index (χ1v) is 9.35. The minimum Gasteiger partial charge on any atom is -0.506 e. The molecule has 118 valence electrons. The summed E-state index contributed by atoms with van der Waals surface area (Å²) in [6.45, 7) is 1.82. The molecule has 0 radical (unpaired) electrons. The van der Waals surface area contributed by atoms with Crippen molar-refractivity contribution >= 4 is 54.4 Å². The van der Waals surface area contributed by atoms with Gasteiger partial charge in [-0.2, -0.15) is 5.26 Å². The van der Waals surface area contributed by atoms with Crippen molar-refractivity contribution in [2.75, 3.05) is 13.6 Å². The molecule has 23 heavy (non-hydrogen) atoms. The van der Waals surface area contributed by atoms with Crippen molar-refractivity contribution in [3.05, 3.63) is 42.6 Å². The van der Waals surface area contributed by atoms with Gasteiger partial charge < -0.3 is 10.0 Å². The van der Waals surface area contributed by atoms with Gasteiger partial charge in [0.15, 0.2) is 0 Å². The van der Waals surface area contributed by atoms with Crippen LogP contribution in [0.25, 0.3) is 0 Å². The highest BCUT2D eigenvalue weighted by Gasteiger charge is 2.22. The van der Waals surface area contributed by atoms with Gasteiger partial charge in [0.2, 0.25) is 0 Å². The number of fused-ring (bicyclic) bond motifs is 1. The fourth-order valence-corrected chi connectivity index (χ4v) is 5.02. The van der Waals surface area contributed by atoms with Gasteiger partial charge in [0.05, 0.1) is 10.0 Å². The number of nitriles is 1. The Bertz CT molecular complexity index is 839. The van der Waals surface area contributed by atoms with Crippen LogP contribution < -0.4 is 0 Å². The van der Waals surface area contributed by atoms with Crippen molar-refractivity contribution in [3.63, 3.8) is 0 Å². The number of phenols is 1. The number of thiophene rings is 1. The standard InChI is InChI=1S/C16H13Br2N3OS/c1-21-3-2-11-12(6-19)16(23-14(11)8-21)20-7-9-4-10(17)5-13(18)15(9)22/h4-5,7,22H,2-3,8H2,1H3/b20-7+. The van der Waals surface area contributed by atoms with Gasteiger partial charge in [0.1, 0.15) is 16.8 Å². The van der Waals surface area contributed by atoms with Crippen LogP contribution in [0.1, 0.15) is 21.6 Å². The molecule has 0 saturated heterocycles. The summed E-state index contributed by atoms with van der Waals surface area (Å²) in [7, 11) is 2.08. The number of likely N-dealkylation sites (N-methyl/N-ethyl adjacent to an activating group) is 1. The summed E-state index contributed by atoms with van der Waals surface area (Å²) in [5, 5.41) is 20.3. The summed E-state index contributed by atoms with van der Waals surface area (Å²) in [6, 6.07) is 5.85. The summed E-state index contributed by atoms with van der Waals surface area (Å²) >= 11 is 8.26. The maximum Gasteiger partial charge on any atom is 0.138 e. The zero-order valence-corrected chi connectivity index (χ0v) is 16.3. The van der Waals surface area contributed by atoms with Crippen LogP contribution in [0.5, 0.6) is 5.75 Å². The topological polar surface area (TPSA) is 59.6 Å². The Morgan fingerprint density at radius 1 is 1.43 bits per heavy atom. The minimum atomic E-state index is 0.136. The van der Waals surface area contributed by atoms with Crippen LogP contribution in [0, 0.1) is 11.3 Å². The summed E-state index contributed by atoms with van der Waals surface area (Å²) in [5.74, 6) is 0.136. The van der Waals surface area contributed by atoms with E-state index in [1.165, 1.54) is 4.88 Å². The summed E-state index contributed by atoms with van der Waals surface area (Å²) in [5.41, 5.74) is 2.39. The van der Waals surface area contributed by atoms with Gasteiger partial charge >= 0.3 is 0 Å². The van der Waals surface area contributed by atoms with Crippen LogP contribution in [0.15, 0.2) is 26.1 Å². The third-order valence-electron chi connectivity index (χ3n) is 3.72. The average molecular weight is 455 g/mol. The lowest BCUT2D eigenvalue weighted by Crippen LogP contribution is -2.25. The fourth-order valence-electron chi connectivity index (χ4n) is 2.54. The molecule has 0 aliphatic carbocycles. The highest BCUT2D eigenvalue weighted by Crippen LogP contribution is 2.38. The predicted molar refractivity (Wildman–Crippen MR) is 99.8 cm³/mol. The van der Waals surface area contributed by atoms with Crippen molar-refractivity contribution in [1.29, 1.82) is 5.26 Å². The molecule has 2 heterocycles. The van der Waals surface area contributed by atoms with Crippen molar-refractivity contribution < 1.29 is 5.11 Å². The molecule has 0 unspecified atom stereocenters. The van der Waals surface area contributed by atoms with Crippen LogP contribution in [0.2, 0.25) is 0 Å². The van der Waals surface area contributed by atoms with Gasteiger partial charge in [-0.3, -0.25) is 0 Å². The van der Waals surface area contributed by atoms with E-state index >= 15 is 0 Å². The second-order valence-electron chi connectivity index (χ2n) is 5.37. The van der Waals surface area contributed by atoms with Gasteiger partial charge in [-0.1, -0.05) is 15.9 Å². The highest BCUT2D eigenvalue weighted by molar-refractivity contribution is 9.11. The van der Waals surface area contributed by atoms with Gasteiger partial charge in [0.25, 0.3) is 0 Å².